The van der Waals surface area contributed by atoms with Crippen LogP contribution < -0.4 is 5.73 Å². The van der Waals surface area contributed by atoms with Gasteiger partial charge in [-0.3, -0.25) is 4.68 Å². The molecule has 0 unspecified atom stereocenters. The minimum atomic E-state index is 0.654. The van der Waals surface area contributed by atoms with Crippen LogP contribution in [0.5, 0.6) is 0 Å². The van der Waals surface area contributed by atoms with Gasteiger partial charge in [0.25, 0.3) is 0 Å². The molecule has 17 heavy (non-hydrogen) atoms. The predicted molar refractivity (Wildman–Crippen MR) is 71.8 cm³/mol. The lowest BCUT2D eigenvalue weighted by atomic mass is 10.2. The second-order valence-electron chi connectivity index (χ2n) is 3.64. The van der Waals surface area contributed by atoms with E-state index < -0.39 is 0 Å². The minimum absolute atomic E-state index is 0.654. The van der Waals surface area contributed by atoms with Gasteiger partial charge in [0.1, 0.15) is 5.69 Å². The predicted octanol–water partition coefficient (Wildman–Crippen LogP) is 2.71. The Balaban J connectivity index is 2.21. The molecule has 0 saturated carbocycles. The summed E-state index contributed by atoms with van der Waals surface area (Å²) in [7, 11) is 0. The first-order valence-corrected chi connectivity index (χ1v) is 6.43. The fourth-order valence-electron chi connectivity index (χ4n) is 1.45. The van der Waals surface area contributed by atoms with Gasteiger partial charge < -0.3 is 5.73 Å². The van der Waals surface area contributed by atoms with Crippen LogP contribution in [-0.2, 0) is 6.54 Å². The summed E-state index contributed by atoms with van der Waals surface area (Å²) in [6.45, 7) is 1.44. The monoisotopic (exact) mass is 314 g/mol. The maximum absolute atomic E-state index is 5.94. The molecule has 90 valence electrons. The molecule has 0 aliphatic heterocycles. The molecule has 1 aromatic carbocycles. The fraction of sp³-hybridized carbons (Fsp3) is 0.273. The average molecular weight is 316 g/mol. The van der Waals surface area contributed by atoms with E-state index in [0.717, 1.165) is 28.7 Å². The zero-order valence-corrected chi connectivity index (χ0v) is 11.4. The minimum Gasteiger partial charge on any atom is -0.330 e. The van der Waals surface area contributed by atoms with Crippen molar-refractivity contribution in [3.63, 3.8) is 0 Å². The highest BCUT2D eigenvalue weighted by molar-refractivity contribution is 9.10. The number of hydrogen-bond acceptors (Lipinski definition) is 3. The Hall–Kier alpha value is -0.910. The van der Waals surface area contributed by atoms with Crippen molar-refractivity contribution in [2.45, 2.75) is 13.0 Å². The molecule has 2 rings (SSSR count). The number of rotatable bonds is 4. The van der Waals surface area contributed by atoms with Gasteiger partial charge in [-0.15, -0.1) is 5.10 Å². The number of benzene rings is 1. The molecule has 2 aromatic rings. The van der Waals surface area contributed by atoms with E-state index in [0.29, 0.717) is 11.6 Å². The molecule has 0 bridgehead atoms. The quantitative estimate of drug-likeness (QED) is 0.944. The summed E-state index contributed by atoms with van der Waals surface area (Å²) in [5, 5.41) is 8.85. The van der Waals surface area contributed by atoms with E-state index in [4.69, 9.17) is 17.3 Å². The molecular formula is C11H12BrClN4. The van der Waals surface area contributed by atoms with Gasteiger partial charge in [-0.2, -0.15) is 0 Å². The van der Waals surface area contributed by atoms with Crippen molar-refractivity contribution in [3.05, 3.63) is 33.9 Å². The average Bonchev–Trinajstić information content (AvgIpc) is 2.79. The summed E-state index contributed by atoms with van der Waals surface area (Å²) >= 11 is 9.33. The molecular weight excluding hydrogens is 304 g/mol. The zero-order chi connectivity index (χ0) is 12.3. The SMILES string of the molecule is NCCCn1cc(-c2ccc(Cl)c(Br)c2)nn1. The summed E-state index contributed by atoms with van der Waals surface area (Å²) in [6, 6.07) is 5.68. The Morgan fingerprint density at radius 2 is 2.24 bits per heavy atom. The molecule has 4 nitrogen and oxygen atoms in total. The molecule has 0 saturated heterocycles. The summed E-state index contributed by atoms with van der Waals surface area (Å²) < 4.78 is 2.65. The highest BCUT2D eigenvalue weighted by Crippen LogP contribution is 2.27. The number of aromatic nitrogens is 3. The van der Waals surface area contributed by atoms with Crippen molar-refractivity contribution in [3.8, 4) is 11.3 Å². The lowest BCUT2D eigenvalue weighted by Crippen LogP contribution is -2.06. The third-order valence-corrected chi connectivity index (χ3v) is 3.56. The molecule has 0 aliphatic carbocycles. The number of nitrogens with zero attached hydrogens (tertiary/aromatic N) is 3. The second kappa shape index (κ2) is 5.62. The maximum Gasteiger partial charge on any atom is 0.113 e. The van der Waals surface area contributed by atoms with Crippen LogP contribution in [0.1, 0.15) is 6.42 Å². The van der Waals surface area contributed by atoms with Crippen LogP contribution in [0.4, 0.5) is 0 Å². The van der Waals surface area contributed by atoms with Crippen molar-refractivity contribution in [1.82, 2.24) is 15.0 Å². The van der Waals surface area contributed by atoms with Crippen LogP contribution in [0.2, 0.25) is 5.02 Å². The number of nitrogens with two attached hydrogens (primary N) is 1. The van der Waals surface area contributed by atoms with Crippen LogP contribution in [-0.4, -0.2) is 21.5 Å². The second-order valence-corrected chi connectivity index (χ2v) is 4.90. The van der Waals surface area contributed by atoms with E-state index in [1.54, 1.807) is 4.68 Å². The standard InChI is InChI=1S/C11H12BrClN4/c12-9-6-8(2-3-10(9)13)11-7-17(16-15-11)5-1-4-14/h2-3,6-7H,1,4-5,14H2. The first-order chi connectivity index (χ1) is 8.20. The van der Waals surface area contributed by atoms with Crippen molar-refractivity contribution in [2.24, 2.45) is 5.73 Å². The van der Waals surface area contributed by atoms with Crippen LogP contribution in [0.15, 0.2) is 28.9 Å². The van der Waals surface area contributed by atoms with Crippen LogP contribution in [0.3, 0.4) is 0 Å². The Kier molecular flexibility index (Phi) is 4.15. The Morgan fingerprint density at radius 1 is 1.41 bits per heavy atom. The third kappa shape index (κ3) is 3.06. The highest BCUT2D eigenvalue weighted by atomic mass is 79.9. The van der Waals surface area contributed by atoms with Crippen LogP contribution in [0, 0.1) is 0 Å². The van der Waals surface area contributed by atoms with Crippen LogP contribution in [0.25, 0.3) is 11.3 Å². The molecule has 0 atom stereocenters. The maximum atomic E-state index is 5.94. The van der Waals surface area contributed by atoms with Gasteiger partial charge in [0.05, 0.1) is 11.2 Å². The van der Waals surface area contributed by atoms with Gasteiger partial charge in [0.15, 0.2) is 0 Å². The van der Waals surface area contributed by atoms with Gasteiger partial charge >= 0.3 is 0 Å². The van der Waals surface area contributed by atoms with Crippen molar-refractivity contribution < 1.29 is 0 Å². The van der Waals surface area contributed by atoms with Gasteiger partial charge in [-0.25, -0.2) is 0 Å². The molecule has 0 aliphatic rings. The highest BCUT2D eigenvalue weighted by Gasteiger charge is 2.05. The van der Waals surface area contributed by atoms with E-state index in [1.807, 2.05) is 24.4 Å². The van der Waals surface area contributed by atoms with Crippen molar-refractivity contribution in [2.75, 3.05) is 6.54 Å². The Bertz CT molecular complexity index is 512. The van der Waals surface area contributed by atoms with E-state index in [2.05, 4.69) is 26.2 Å². The number of hydrogen-bond donors (Lipinski definition) is 1. The van der Waals surface area contributed by atoms with Gasteiger partial charge in [0, 0.05) is 16.6 Å². The first-order valence-electron chi connectivity index (χ1n) is 5.26. The van der Waals surface area contributed by atoms with E-state index in [1.165, 1.54) is 0 Å². The Labute approximate surface area is 113 Å². The Morgan fingerprint density at radius 3 is 2.94 bits per heavy atom. The molecule has 2 N–H and O–H groups in total. The molecule has 1 heterocycles. The fourth-order valence-corrected chi connectivity index (χ4v) is 1.95. The molecule has 0 fully saturated rings. The molecule has 1 aromatic heterocycles. The summed E-state index contributed by atoms with van der Waals surface area (Å²) in [5.41, 5.74) is 7.27. The van der Waals surface area contributed by atoms with Crippen molar-refractivity contribution >= 4 is 27.5 Å². The van der Waals surface area contributed by atoms with E-state index >= 15 is 0 Å². The lowest BCUT2D eigenvalue weighted by Gasteiger charge is -1.99. The summed E-state index contributed by atoms with van der Waals surface area (Å²) in [5.74, 6) is 0. The van der Waals surface area contributed by atoms with E-state index in [-0.39, 0.29) is 0 Å². The topological polar surface area (TPSA) is 56.7 Å². The largest absolute Gasteiger partial charge is 0.330 e. The summed E-state index contributed by atoms with van der Waals surface area (Å²) in [4.78, 5) is 0. The number of aryl methyl sites for hydroxylation is 1. The van der Waals surface area contributed by atoms with Crippen LogP contribution >= 0.6 is 27.5 Å². The molecule has 0 amide bonds. The molecule has 0 radical (unpaired) electrons. The number of halogens is 2. The molecule has 6 heteroatoms. The zero-order valence-electron chi connectivity index (χ0n) is 9.11. The summed E-state index contributed by atoms with van der Waals surface area (Å²) in [6.07, 6.45) is 2.80. The third-order valence-electron chi connectivity index (χ3n) is 2.35. The van der Waals surface area contributed by atoms with Gasteiger partial charge in [-0.1, -0.05) is 22.9 Å². The first kappa shape index (κ1) is 12.5. The van der Waals surface area contributed by atoms with Crippen molar-refractivity contribution in [1.29, 1.82) is 0 Å². The van der Waals surface area contributed by atoms with Gasteiger partial charge in [-0.05, 0) is 41.0 Å². The van der Waals surface area contributed by atoms with Gasteiger partial charge in [0.2, 0.25) is 0 Å². The molecule has 0 spiro atoms. The van der Waals surface area contributed by atoms with E-state index in [9.17, 15) is 0 Å². The lowest BCUT2D eigenvalue weighted by molar-refractivity contribution is 0.564. The normalized spacial score (nSPS) is 10.8. The smallest absolute Gasteiger partial charge is 0.113 e.